The van der Waals surface area contributed by atoms with Gasteiger partial charge in [0.25, 0.3) is 0 Å². The number of aromatic nitrogens is 1. The average molecular weight is 347 g/mol. The number of carboxylic acids is 1. The summed E-state index contributed by atoms with van der Waals surface area (Å²) in [6.07, 6.45) is 0.0961. The molecule has 6 nitrogen and oxygen atoms in total. The fraction of sp³-hybridized carbons (Fsp3) is 0.250. The molecule has 0 aliphatic carbocycles. The number of amides is 1. The van der Waals surface area contributed by atoms with Crippen LogP contribution < -0.4 is 5.32 Å². The van der Waals surface area contributed by atoms with Crippen LogP contribution in [-0.4, -0.2) is 22.0 Å². The van der Waals surface area contributed by atoms with Crippen LogP contribution in [0.5, 0.6) is 0 Å². The quantitative estimate of drug-likeness (QED) is 0.835. The summed E-state index contributed by atoms with van der Waals surface area (Å²) in [4.78, 5) is 27.0. The second-order valence-electron chi connectivity index (χ2n) is 5.14. The van der Waals surface area contributed by atoms with E-state index >= 15 is 0 Å². The minimum atomic E-state index is -0.968. The summed E-state index contributed by atoms with van der Waals surface area (Å²) in [6.45, 7) is 1.62. The minimum Gasteiger partial charge on any atom is -0.481 e. The molecule has 124 valence electrons. The second-order valence-corrected chi connectivity index (χ2v) is 6.14. The third kappa shape index (κ3) is 4.36. The first-order valence-electron chi connectivity index (χ1n) is 7.10. The van der Waals surface area contributed by atoms with Gasteiger partial charge in [-0.15, -0.1) is 0 Å². The molecule has 24 heavy (non-hydrogen) atoms. The van der Waals surface area contributed by atoms with E-state index in [1.54, 1.807) is 13.0 Å². The molecule has 2 aromatic rings. The molecule has 0 spiro atoms. The summed E-state index contributed by atoms with van der Waals surface area (Å²) in [5.74, 6) is -2.30. The predicted molar refractivity (Wildman–Crippen MR) is 86.9 cm³/mol. The number of nitrogens with one attached hydrogen (secondary N) is 1. The molecule has 2 rings (SSSR count). The highest BCUT2D eigenvalue weighted by molar-refractivity contribution is 7.16. The van der Waals surface area contributed by atoms with Gasteiger partial charge in [0.15, 0.2) is 5.13 Å². The number of aliphatic carboxylic acids is 1. The topological polar surface area (TPSA) is 103 Å². The number of benzene rings is 1. The molecule has 0 radical (unpaired) electrons. The smallest absolute Gasteiger partial charge is 0.303 e. The van der Waals surface area contributed by atoms with E-state index in [2.05, 4.69) is 10.3 Å². The van der Waals surface area contributed by atoms with E-state index in [4.69, 9.17) is 5.11 Å². The fourth-order valence-corrected chi connectivity index (χ4v) is 2.77. The maximum absolute atomic E-state index is 13.3. The molecule has 0 aliphatic rings. The van der Waals surface area contributed by atoms with Crippen molar-refractivity contribution in [2.75, 3.05) is 5.32 Å². The Balaban J connectivity index is 2.17. The monoisotopic (exact) mass is 347 g/mol. The molecule has 0 saturated carbocycles. The van der Waals surface area contributed by atoms with Crippen molar-refractivity contribution in [3.8, 4) is 17.3 Å². The van der Waals surface area contributed by atoms with Crippen LogP contribution in [0.25, 0.3) is 11.3 Å². The standard InChI is InChI=1S/C16H14FN3O3S/c1-9(5-6-13(21)22)15(23)20-16-19-14(12(8-18)24-16)10-3-2-4-11(17)7-10/h2-4,7,9H,5-6H2,1H3,(H,21,22)(H,19,20,23)/t9-/m0/s1. The van der Waals surface area contributed by atoms with Crippen LogP contribution in [0.2, 0.25) is 0 Å². The van der Waals surface area contributed by atoms with Crippen LogP contribution in [0.1, 0.15) is 24.6 Å². The Hall–Kier alpha value is -2.79. The predicted octanol–water partition coefficient (Wildman–Crippen LogP) is 3.26. The number of halogens is 1. The van der Waals surface area contributed by atoms with Gasteiger partial charge in [0.2, 0.25) is 5.91 Å². The summed E-state index contributed by atoms with van der Waals surface area (Å²) in [5.41, 5.74) is 0.748. The van der Waals surface area contributed by atoms with Gasteiger partial charge in [0.1, 0.15) is 22.5 Å². The number of anilines is 1. The van der Waals surface area contributed by atoms with Crippen molar-refractivity contribution in [1.82, 2.24) is 4.98 Å². The van der Waals surface area contributed by atoms with Crippen molar-refractivity contribution in [1.29, 1.82) is 5.26 Å². The summed E-state index contributed by atoms with van der Waals surface area (Å²) in [6, 6.07) is 7.66. The molecule has 0 unspecified atom stereocenters. The molecule has 1 amide bonds. The molecular weight excluding hydrogens is 333 g/mol. The Morgan fingerprint density at radius 3 is 2.88 bits per heavy atom. The number of rotatable bonds is 6. The average Bonchev–Trinajstić information content (AvgIpc) is 2.95. The van der Waals surface area contributed by atoms with E-state index in [1.807, 2.05) is 6.07 Å². The number of carbonyl (C=O) groups excluding carboxylic acids is 1. The zero-order valence-electron chi connectivity index (χ0n) is 12.7. The second kappa shape index (κ2) is 7.66. The molecule has 0 aliphatic heterocycles. The van der Waals surface area contributed by atoms with E-state index in [1.165, 1.54) is 18.2 Å². The normalized spacial score (nSPS) is 11.5. The SMILES string of the molecule is C[C@@H](CCC(=O)O)C(=O)Nc1nc(-c2cccc(F)c2)c(C#N)s1. The highest BCUT2D eigenvalue weighted by atomic mass is 32.1. The van der Waals surface area contributed by atoms with E-state index in [0.717, 1.165) is 11.3 Å². The van der Waals surface area contributed by atoms with Crippen molar-refractivity contribution < 1.29 is 19.1 Å². The highest BCUT2D eigenvalue weighted by Gasteiger charge is 2.19. The summed E-state index contributed by atoms with van der Waals surface area (Å²) < 4.78 is 13.3. The van der Waals surface area contributed by atoms with Crippen molar-refractivity contribution in [2.24, 2.45) is 5.92 Å². The Kier molecular flexibility index (Phi) is 5.60. The first-order chi connectivity index (χ1) is 11.4. The Labute approximate surface area is 141 Å². The van der Waals surface area contributed by atoms with Gasteiger partial charge >= 0.3 is 5.97 Å². The van der Waals surface area contributed by atoms with Gasteiger partial charge in [0.05, 0.1) is 0 Å². The maximum atomic E-state index is 13.3. The van der Waals surface area contributed by atoms with Crippen LogP contribution in [0, 0.1) is 23.1 Å². The largest absolute Gasteiger partial charge is 0.481 e. The van der Waals surface area contributed by atoms with Crippen molar-refractivity contribution in [3.05, 3.63) is 35.0 Å². The lowest BCUT2D eigenvalue weighted by Crippen LogP contribution is -2.21. The molecule has 1 aromatic heterocycles. The van der Waals surface area contributed by atoms with Crippen molar-refractivity contribution in [2.45, 2.75) is 19.8 Å². The highest BCUT2D eigenvalue weighted by Crippen LogP contribution is 2.31. The van der Waals surface area contributed by atoms with Gasteiger partial charge in [-0.3, -0.25) is 9.59 Å². The van der Waals surface area contributed by atoms with Gasteiger partial charge in [-0.1, -0.05) is 30.4 Å². The molecule has 0 saturated heterocycles. The summed E-state index contributed by atoms with van der Waals surface area (Å²) in [5, 5.41) is 20.6. The Morgan fingerprint density at radius 1 is 1.50 bits per heavy atom. The number of thiazole rings is 1. The first kappa shape index (κ1) is 17.6. The number of nitrogens with zero attached hydrogens (tertiary/aromatic N) is 2. The molecule has 0 bridgehead atoms. The van der Waals surface area contributed by atoms with E-state index in [-0.39, 0.29) is 28.8 Å². The van der Waals surface area contributed by atoms with Gasteiger partial charge < -0.3 is 10.4 Å². The number of hydrogen-bond acceptors (Lipinski definition) is 5. The maximum Gasteiger partial charge on any atom is 0.303 e. The first-order valence-corrected chi connectivity index (χ1v) is 7.92. The number of hydrogen-bond donors (Lipinski definition) is 2. The van der Waals surface area contributed by atoms with Crippen LogP contribution in [0.4, 0.5) is 9.52 Å². The molecular formula is C16H14FN3O3S. The molecule has 1 aromatic carbocycles. The third-order valence-corrected chi connectivity index (χ3v) is 4.17. The lowest BCUT2D eigenvalue weighted by molar-refractivity contribution is -0.137. The molecule has 1 heterocycles. The van der Waals surface area contributed by atoms with Gasteiger partial charge in [-0.05, 0) is 18.6 Å². The van der Waals surface area contributed by atoms with Crippen molar-refractivity contribution >= 4 is 28.3 Å². The minimum absolute atomic E-state index is 0.107. The number of carboxylic acid groups (broad SMARTS) is 1. The van der Waals surface area contributed by atoms with Gasteiger partial charge in [-0.25, -0.2) is 9.37 Å². The van der Waals surface area contributed by atoms with Crippen molar-refractivity contribution in [3.63, 3.8) is 0 Å². The van der Waals surface area contributed by atoms with Crippen LogP contribution in [0.3, 0.4) is 0 Å². The summed E-state index contributed by atoms with van der Waals surface area (Å²) in [7, 11) is 0. The molecule has 0 fully saturated rings. The zero-order valence-corrected chi connectivity index (χ0v) is 13.6. The van der Waals surface area contributed by atoms with Gasteiger partial charge in [-0.2, -0.15) is 5.26 Å². The number of nitriles is 1. The summed E-state index contributed by atoms with van der Waals surface area (Å²) >= 11 is 0.987. The molecule has 2 N–H and O–H groups in total. The van der Waals surface area contributed by atoms with E-state index < -0.39 is 17.7 Å². The lowest BCUT2D eigenvalue weighted by Gasteiger charge is -2.08. The van der Waals surface area contributed by atoms with Crippen LogP contribution >= 0.6 is 11.3 Å². The van der Waals surface area contributed by atoms with Crippen LogP contribution in [-0.2, 0) is 9.59 Å². The van der Waals surface area contributed by atoms with Gasteiger partial charge in [0, 0.05) is 17.9 Å². The fourth-order valence-electron chi connectivity index (χ4n) is 1.98. The zero-order chi connectivity index (χ0) is 17.7. The lowest BCUT2D eigenvalue weighted by atomic mass is 10.1. The number of carbonyl (C=O) groups is 2. The molecule has 8 heteroatoms. The van der Waals surface area contributed by atoms with Crippen LogP contribution in [0.15, 0.2) is 24.3 Å². The Morgan fingerprint density at radius 2 is 2.25 bits per heavy atom. The van der Waals surface area contributed by atoms with E-state index in [9.17, 15) is 19.2 Å². The van der Waals surface area contributed by atoms with E-state index in [0.29, 0.717) is 11.3 Å². The third-order valence-electron chi connectivity index (χ3n) is 3.30. The Bertz CT molecular complexity index is 813. The molecule has 1 atom stereocenters.